The first-order chi connectivity index (χ1) is 10.4. The van der Waals surface area contributed by atoms with Gasteiger partial charge in [0.15, 0.2) is 0 Å². The van der Waals surface area contributed by atoms with Crippen LogP contribution in [0.15, 0.2) is 29.2 Å². The molecule has 1 fully saturated rings. The quantitative estimate of drug-likeness (QED) is 0.825. The molecule has 0 spiro atoms. The molecule has 1 atom stereocenters. The average molecular weight is 326 g/mol. The second-order valence-corrected chi connectivity index (χ2v) is 7.36. The summed E-state index contributed by atoms with van der Waals surface area (Å²) in [5.41, 5.74) is 0.324. The molecule has 1 saturated heterocycles. The zero-order valence-corrected chi connectivity index (χ0v) is 13.7. The Labute approximate surface area is 131 Å². The number of hydrogen-bond acceptors (Lipinski definition) is 4. The largest absolute Gasteiger partial charge is 0.376 e. The van der Waals surface area contributed by atoms with Gasteiger partial charge in [-0.15, -0.1) is 0 Å². The molecule has 0 bridgehead atoms. The SMILES string of the molecule is CC(C)NS(=O)(=O)c1cccc(C(=O)NCC2CCCO2)c1. The van der Waals surface area contributed by atoms with Crippen molar-refractivity contribution in [2.24, 2.45) is 0 Å². The minimum Gasteiger partial charge on any atom is -0.376 e. The lowest BCUT2D eigenvalue weighted by Crippen LogP contribution is -2.32. The number of hydrogen-bond donors (Lipinski definition) is 2. The Morgan fingerprint density at radius 1 is 1.41 bits per heavy atom. The van der Waals surface area contributed by atoms with E-state index in [-0.39, 0.29) is 22.9 Å². The highest BCUT2D eigenvalue weighted by Crippen LogP contribution is 2.13. The van der Waals surface area contributed by atoms with Gasteiger partial charge in [-0.2, -0.15) is 0 Å². The Bertz CT molecular complexity index is 622. The summed E-state index contributed by atoms with van der Waals surface area (Å²) in [6, 6.07) is 5.81. The summed E-state index contributed by atoms with van der Waals surface area (Å²) in [7, 11) is -3.60. The van der Waals surface area contributed by atoms with Gasteiger partial charge < -0.3 is 10.1 Å². The Hall–Kier alpha value is -1.44. The average Bonchev–Trinajstić information content (AvgIpc) is 2.97. The maximum atomic E-state index is 12.1. The van der Waals surface area contributed by atoms with Crippen LogP contribution in [0.2, 0.25) is 0 Å². The van der Waals surface area contributed by atoms with Crippen molar-refractivity contribution < 1.29 is 17.9 Å². The van der Waals surface area contributed by atoms with Crippen LogP contribution >= 0.6 is 0 Å². The fourth-order valence-electron chi connectivity index (χ4n) is 2.30. The maximum absolute atomic E-state index is 12.1. The van der Waals surface area contributed by atoms with E-state index < -0.39 is 10.0 Å². The summed E-state index contributed by atoms with van der Waals surface area (Å²) >= 11 is 0. The van der Waals surface area contributed by atoms with Crippen LogP contribution in [0.4, 0.5) is 0 Å². The van der Waals surface area contributed by atoms with Gasteiger partial charge in [-0.1, -0.05) is 6.07 Å². The molecule has 1 amide bonds. The van der Waals surface area contributed by atoms with Crippen molar-refractivity contribution in [1.82, 2.24) is 10.0 Å². The predicted molar refractivity (Wildman–Crippen MR) is 83.2 cm³/mol. The number of rotatable bonds is 6. The topological polar surface area (TPSA) is 84.5 Å². The first kappa shape index (κ1) is 16.9. The zero-order chi connectivity index (χ0) is 16.2. The number of ether oxygens (including phenoxy) is 1. The first-order valence-electron chi connectivity index (χ1n) is 7.40. The van der Waals surface area contributed by atoms with Crippen LogP contribution in [0.25, 0.3) is 0 Å². The van der Waals surface area contributed by atoms with Crippen molar-refractivity contribution in [2.45, 2.75) is 43.7 Å². The number of carbonyl (C=O) groups excluding carboxylic acids is 1. The number of benzene rings is 1. The summed E-state index contributed by atoms with van der Waals surface area (Å²) in [4.78, 5) is 12.2. The van der Waals surface area contributed by atoms with Crippen molar-refractivity contribution in [3.63, 3.8) is 0 Å². The highest BCUT2D eigenvalue weighted by Gasteiger charge is 2.19. The van der Waals surface area contributed by atoms with Gasteiger partial charge in [-0.05, 0) is 44.9 Å². The molecule has 1 unspecified atom stereocenters. The van der Waals surface area contributed by atoms with Crippen molar-refractivity contribution in [3.8, 4) is 0 Å². The van der Waals surface area contributed by atoms with Crippen LogP contribution in [-0.2, 0) is 14.8 Å². The third-order valence-electron chi connectivity index (χ3n) is 3.31. The molecule has 2 rings (SSSR count). The van der Waals surface area contributed by atoms with E-state index in [1.54, 1.807) is 26.0 Å². The van der Waals surface area contributed by atoms with Crippen molar-refractivity contribution in [3.05, 3.63) is 29.8 Å². The minimum atomic E-state index is -3.60. The first-order valence-corrected chi connectivity index (χ1v) is 8.89. The predicted octanol–water partition coefficient (Wildman–Crippen LogP) is 1.28. The van der Waals surface area contributed by atoms with E-state index in [0.29, 0.717) is 12.1 Å². The van der Waals surface area contributed by atoms with Crippen LogP contribution in [0.5, 0.6) is 0 Å². The smallest absolute Gasteiger partial charge is 0.251 e. The zero-order valence-electron chi connectivity index (χ0n) is 12.8. The Morgan fingerprint density at radius 3 is 2.82 bits per heavy atom. The van der Waals surface area contributed by atoms with E-state index in [1.807, 2.05) is 0 Å². The molecule has 1 aliphatic heterocycles. The van der Waals surface area contributed by atoms with E-state index in [1.165, 1.54) is 12.1 Å². The molecule has 1 aliphatic rings. The van der Waals surface area contributed by atoms with Crippen LogP contribution in [-0.4, -0.2) is 39.6 Å². The molecule has 1 aromatic rings. The molecule has 0 radical (unpaired) electrons. The fraction of sp³-hybridized carbons (Fsp3) is 0.533. The highest BCUT2D eigenvalue weighted by molar-refractivity contribution is 7.89. The molecule has 122 valence electrons. The van der Waals surface area contributed by atoms with Crippen LogP contribution in [0.3, 0.4) is 0 Å². The Balaban J connectivity index is 2.05. The Kier molecular flexibility index (Phi) is 5.55. The molecule has 0 saturated carbocycles. The second-order valence-electron chi connectivity index (χ2n) is 5.65. The molecular formula is C15H22N2O4S. The third-order valence-corrected chi connectivity index (χ3v) is 4.97. The molecule has 1 heterocycles. The normalized spacial score (nSPS) is 18.6. The standard InChI is InChI=1S/C15H22N2O4S/c1-11(2)17-22(19,20)14-7-3-5-12(9-14)15(18)16-10-13-6-4-8-21-13/h3,5,7,9,11,13,17H,4,6,8,10H2,1-2H3,(H,16,18). The third kappa shape index (κ3) is 4.53. The van der Waals surface area contributed by atoms with Crippen LogP contribution in [0.1, 0.15) is 37.0 Å². The summed E-state index contributed by atoms with van der Waals surface area (Å²) in [6.07, 6.45) is 2.00. The lowest BCUT2D eigenvalue weighted by Gasteiger charge is -2.12. The van der Waals surface area contributed by atoms with Crippen LogP contribution in [0, 0.1) is 0 Å². The molecule has 6 nitrogen and oxygen atoms in total. The molecule has 7 heteroatoms. The van der Waals surface area contributed by atoms with E-state index in [2.05, 4.69) is 10.0 Å². The van der Waals surface area contributed by atoms with Crippen molar-refractivity contribution in [1.29, 1.82) is 0 Å². The van der Waals surface area contributed by atoms with Crippen LogP contribution < -0.4 is 10.0 Å². The fourth-order valence-corrected chi connectivity index (χ4v) is 3.59. The number of amides is 1. The lowest BCUT2D eigenvalue weighted by atomic mass is 10.2. The van der Waals surface area contributed by atoms with Gasteiger partial charge in [0.25, 0.3) is 5.91 Å². The highest BCUT2D eigenvalue weighted by atomic mass is 32.2. The van der Waals surface area contributed by atoms with E-state index in [0.717, 1.165) is 19.4 Å². The summed E-state index contributed by atoms with van der Waals surface area (Å²) < 4.78 is 32.2. The van der Waals surface area contributed by atoms with Gasteiger partial charge in [0.2, 0.25) is 10.0 Å². The minimum absolute atomic E-state index is 0.0541. The van der Waals surface area contributed by atoms with E-state index >= 15 is 0 Å². The molecule has 2 N–H and O–H groups in total. The molecule has 0 aliphatic carbocycles. The summed E-state index contributed by atoms with van der Waals surface area (Å²) in [5, 5.41) is 2.78. The number of nitrogens with one attached hydrogen (secondary N) is 2. The van der Waals surface area contributed by atoms with Crippen molar-refractivity contribution in [2.75, 3.05) is 13.2 Å². The molecular weight excluding hydrogens is 304 g/mol. The van der Waals surface area contributed by atoms with Gasteiger partial charge in [-0.3, -0.25) is 4.79 Å². The second kappa shape index (κ2) is 7.21. The van der Waals surface area contributed by atoms with Gasteiger partial charge in [0.05, 0.1) is 11.0 Å². The number of carbonyl (C=O) groups is 1. The van der Waals surface area contributed by atoms with E-state index in [9.17, 15) is 13.2 Å². The molecule has 1 aromatic carbocycles. The summed E-state index contributed by atoms with van der Waals surface area (Å²) in [5.74, 6) is -0.294. The monoisotopic (exact) mass is 326 g/mol. The molecule has 0 aromatic heterocycles. The molecule has 22 heavy (non-hydrogen) atoms. The Morgan fingerprint density at radius 2 is 2.18 bits per heavy atom. The van der Waals surface area contributed by atoms with Gasteiger partial charge in [0.1, 0.15) is 0 Å². The van der Waals surface area contributed by atoms with Gasteiger partial charge in [-0.25, -0.2) is 13.1 Å². The van der Waals surface area contributed by atoms with Gasteiger partial charge in [0, 0.05) is 24.8 Å². The number of sulfonamides is 1. The van der Waals surface area contributed by atoms with E-state index in [4.69, 9.17) is 4.74 Å². The maximum Gasteiger partial charge on any atom is 0.251 e. The van der Waals surface area contributed by atoms with Crippen molar-refractivity contribution >= 4 is 15.9 Å². The van der Waals surface area contributed by atoms with Gasteiger partial charge >= 0.3 is 0 Å². The lowest BCUT2D eigenvalue weighted by molar-refractivity contribution is 0.0857. The summed E-state index contributed by atoms with van der Waals surface area (Å²) in [6.45, 7) is 4.67.